The van der Waals surface area contributed by atoms with Crippen LogP contribution in [0.15, 0.2) is 41.6 Å². The predicted octanol–water partition coefficient (Wildman–Crippen LogP) is 1.29. The van der Waals surface area contributed by atoms with E-state index in [4.69, 9.17) is 11.6 Å². The maximum atomic E-state index is 11.9. The van der Waals surface area contributed by atoms with Gasteiger partial charge in [0.25, 0.3) is 5.56 Å². The molecule has 0 aliphatic carbocycles. The van der Waals surface area contributed by atoms with E-state index in [1.165, 1.54) is 0 Å². The van der Waals surface area contributed by atoms with Crippen LogP contribution in [0.4, 0.5) is 0 Å². The minimum atomic E-state index is -0.0822. The predicted molar refractivity (Wildman–Crippen MR) is 59.3 cm³/mol. The van der Waals surface area contributed by atoms with Crippen molar-refractivity contribution in [2.75, 3.05) is 5.88 Å². The van der Waals surface area contributed by atoms with Gasteiger partial charge in [0.15, 0.2) is 0 Å². The first-order chi connectivity index (χ1) is 7.22. The third kappa shape index (κ3) is 1.80. The molecule has 2 aromatic heterocycles. The van der Waals surface area contributed by atoms with Crippen molar-refractivity contribution in [3.63, 3.8) is 0 Å². The summed E-state index contributed by atoms with van der Waals surface area (Å²) >= 11 is 5.62. The van der Waals surface area contributed by atoms with Crippen LogP contribution in [-0.4, -0.2) is 20.1 Å². The lowest BCUT2D eigenvalue weighted by Gasteiger charge is -2.05. The second-order valence-electron chi connectivity index (χ2n) is 3.28. The van der Waals surface area contributed by atoms with Gasteiger partial charge in [-0.2, -0.15) is 5.10 Å². The molecule has 0 atom stereocenters. The number of hydrogen-bond acceptors (Lipinski definition) is 2. The molecule has 78 valence electrons. The summed E-state index contributed by atoms with van der Waals surface area (Å²) in [5, 5.41) is 3.97. The Kier molecular flexibility index (Phi) is 2.60. The molecule has 2 heterocycles. The van der Waals surface area contributed by atoms with Crippen molar-refractivity contribution in [3.05, 3.63) is 47.2 Å². The van der Waals surface area contributed by atoms with Gasteiger partial charge in [0.05, 0.1) is 6.20 Å². The molecular weight excluding hydrogens is 214 g/mol. The van der Waals surface area contributed by atoms with Crippen molar-refractivity contribution in [1.82, 2.24) is 14.2 Å². The zero-order valence-electron chi connectivity index (χ0n) is 8.06. The summed E-state index contributed by atoms with van der Waals surface area (Å²) in [6, 6.07) is 1.68. The molecule has 0 aromatic carbocycles. The molecule has 2 aromatic rings. The monoisotopic (exact) mass is 223 g/mol. The second-order valence-corrected chi connectivity index (χ2v) is 3.54. The van der Waals surface area contributed by atoms with Gasteiger partial charge in [0.1, 0.15) is 5.52 Å². The Morgan fingerprint density at radius 1 is 1.53 bits per heavy atom. The zero-order valence-corrected chi connectivity index (χ0v) is 8.81. The van der Waals surface area contributed by atoms with Crippen molar-refractivity contribution >= 4 is 17.1 Å². The van der Waals surface area contributed by atoms with Gasteiger partial charge in [-0.15, -0.1) is 11.6 Å². The lowest BCUT2D eigenvalue weighted by Crippen LogP contribution is -2.22. The number of nitrogens with zero attached hydrogens (tertiary/aromatic N) is 3. The number of alkyl halides is 1. The van der Waals surface area contributed by atoms with E-state index in [9.17, 15) is 4.79 Å². The Balaban J connectivity index is 2.48. The average molecular weight is 224 g/mol. The molecule has 0 aliphatic rings. The Morgan fingerprint density at radius 3 is 3.07 bits per heavy atom. The van der Waals surface area contributed by atoms with Gasteiger partial charge >= 0.3 is 0 Å². The molecule has 0 saturated heterocycles. The van der Waals surface area contributed by atoms with Gasteiger partial charge in [0.2, 0.25) is 0 Å². The fourth-order valence-electron chi connectivity index (χ4n) is 1.37. The summed E-state index contributed by atoms with van der Waals surface area (Å²) in [6.07, 6.45) is 5.01. The van der Waals surface area contributed by atoms with E-state index in [0.29, 0.717) is 17.9 Å². The van der Waals surface area contributed by atoms with Crippen LogP contribution in [0.25, 0.3) is 5.52 Å². The molecular formula is C10H10ClN3O. The van der Waals surface area contributed by atoms with E-state index in [1.807, 2.05) is 0 Å². The fourth-order valence-corrected chi connectivity index (χ4v) is 1.45. The van der Waals surface area contributed by atoms with Crippen molar-refractivity contribution in [3.8, 4) is 0 Å². The van der Waals surface area contributed by atoms with Crippen LogP contribution in [0.3, 0.4) is 0 Å². The molecule has 4 nitrogen and oxygen atoms in total. The van der Waals surface area contributed by atoms with Crippen molar-refractivity contribution < 1.29 is 0 Å². The first kappa shape index (κ1) is 9.98. The normalized spacial score (nSPS) is 10.7. The smallest absolute Gasteiger partial charge is 0.276 e. The summed E-state index contributed by atoms with van der Waals surface area (Å²) in [6.45, 7) is 4.21. The largest absolute Gasteiger partial charge is 0.308 e. The zero-order chi connectivity index (χ0) is 10.8. The highest BCUT2D eigenvalue weighted by Crippen LogP contribution is 1.99. The first-order valence-corrected chi connectivity index (χ1v) is 5.01. The molecule has 0 N–H and O–H groups in total. The van der Waals surface area contributed by atoms with Crippen molar-refractivity contribution in [2.24, 2.45) is 0 Å². The lowest BCUT2D eigenvalue weighted by molar-refractivity contribution is 0.735. The quantitative estimate of drug-likeness (QED) is 0.581. The van der Waals surface area contributed by atoms with Crippen LogP contribution < -0.4 is 5.56 Å². The Morgan fingerprint density at radius 2 is 2.33 bits per heavy atom. The third-order valence-corrected chi connectivity index (χ3v) is 2.50. The van der Waals surface area contributed by atoms with E-state index >= 15 is 0 Å². The number of allylic oxidation sites excluding steroid dienone is 1. The molecule has 5 heteroatoms. The summed E-state index contributed by atoms with van der Waals surface area (Å²) in [7, 11) is 0. The van der Waals surface area contributed by atoms with E-state index in [-0.39, 0.29) is 5.56 Å². The number of fused-ring (bicyclic) bond motifs is 1. The number of rotatable bonds is 3. The van der Waals surface area contributed by atoms with Gasteiger partial charge in [-0.3, -0.25) is 4.79 Å². The summed E-state index contributed by atoms with van der Waals surface area (Å²) < 4.78 is 3.12. The molecule has 0 spiro atoms. The van der Waals surface area contributed by atoms with Gasteiger partial charge < -0.3 is 4.57 Å². The van der Waals surface area contributed by atoms with Gasteiger partial charge in [-0.25, -0.2) is 4.52 Å². The Hall–Kier alpha value is -1.55. The molecule has 0 amide bonds. The third-order valence-electron chi connectivity index (χ3n) is 2.12. The Labute approximate surface area is 91.4 Å². The van der Waals surface area contributed by atoms with Crippen molar-refractivity contribution in [2.45, 2.75) is 6.54 Å². The second kappa shape index (κ2) is 3.90. The molecule has 15 heavy (non-hydrogen) atoms. The number of hydrogen-bond donors (Lipinski definition) is 0. The lowest BCUT2D eigenvalue weighted by atomic mass is 10.3. The Bertz CT molecular complexity index is 555. The topological polar surface area (TPSA) is 39.3 Å². The van der Waals surface area contributed by atoms with Gasteiger partial charge in [-0.05, 0) is 11.6 Å². The molecule has 0 bridgehead atoms. The maximum absolute atomic E-state index is 11.9. The number of aromatic nitrogens is 3. The molecule has 0 saturated carbocycles. The van der Waals surface area contributed by atoms with Crippen LogP contribution in [0.5, 0.6) is 0 Å². The summed E-state index contributed by atoms with van der Waals surface area (Å²) in [4.78, 5) is 11.9. The van der Waals surface area contributed by atoms with E-state index in [1.54, 1.807) is 33.7 Å². The molecule has 0 aliphatic heterocycles. The molecule has 0 unspecified atom stereocenters. The fraction of sp³-hybridized carbons (Fsp3) is 0.200. The molecule has 2 rings (SSSR count). The van der Waals surface area contributed by atoms with Gasteiger partial charge in [-0.1, -0.05) is 6.58 Å². The maximum Gasteiger partial charge on any atom is 0.276 e. The summed E-state index contributed by atoms with van der Waals surface area (Å²) in [5.41, 5.74) is 1.28. The van der Waals surface area contributed by atoms with Crippen LogP contribution in [0.2, 0.25) is 0 Å². The van der Waals surface area contributed by atoms with Crippen LogP contribution in [-0.2, 0) is 6.54 Å². The van der Waals surface area contributed by atoms with Gasteiger partial charge in [0, 0.05) is 24.8 Å². The minimum absolute atomic E-state index is 0.0822. The van der Waals surface area contributed by atoms with Crippen LogP contribution in [0, 0.1) is 0 Å². The average Bonchev–Trinajstić information content (AvgIpc) is 2.70. The van der Waals surface area contributed by atoms with Crippen molar-refractivity contribution in [1.29, 1.82) is 0 Å². The highest BCUT2D eigenvalue weighted by Gasteiger charge is 2.03. The van der Waals surface area contributed by atoms with Crippen LogP contribution in [0.1, 0.15) is 0 Å². The van der Waals surface area contributed by atoms with E-state index < -0.39 is 0 Å². The highest BCUT2D eigenvalue weighted by molar-refractivity contribution is 6.19. The molecule has 0 radical (unpaired) electrons. The van der Waals surface area contributed by atoms with E-state index in [2.05, 4.69) is 11.7 Å². The minimum Gasteiger partial charge on any atom is -0.308 e. The number of halogens is 1. The summed E-state index contributed by atoms with van der Waals surface area (Å²) in [5.74, 6) is 0.358. The molecule has 0 fully saturated rings. The first-order valence-electron chi connectivity index (χ1n) is 4.48. The standard InChI is InChI=1S/C10H10ClN3O/c1-8(6-11)7-13-4-5-14-9(10(13)15)2-3-12-14/h2-5H,1,6-7H2. The van der Waals surface area contributed by atoms with E-state index in [0.717, 1.165) is 5.57 Å². The van der Waals surface area contributed by atoms with Crippen LogP contribution >= 0.6 is 11.6 Å². The SMILES string of the molecule is C=C(CCl)Cn1ccn2nccc2c1=O. The highest BCUT2D eigenvalue weighted by atomic mass is 35.5.